The second kappa shape index (κ2) is 11.9. The first kappa shape index (κ1) is 26.0. The second-order valence-corrected chi connectivity index (χ2v) is 10.9. The molecule has 1 aliphatic rings. The van der Waals surface area contributed by atoms with Crippen LogP contribution in [-0.4, -0.2) is 39.9 Å². The van der Waals surface area contributed by atoms with E-state index in [0.29, 0.717) is 28.3 Å². The summed E-state index contributed by atoms with van der Waals surface area (Å²) >= 11 is 14.3. The van der Waals surface area contributed by atoms with Gasteiger partial charge in [-0.15, -0.1) is 10.2 Å². The van der Waals surface area contributed by atoms with Gasteiger partial charge in [0.15, 0.2) is 11.0 Å². The lowest BCUT2D eigenvalue weighted by atomic mass is 9.89. The van der Waals surface area contributed by atoms with Crippen LogP contribution in [0.3, 0.4) is 0 Å². The average molecular weight is 558 g/mol. The van der Waals surface area contributed by atoms with E-state index in [9.17, 15) is 4.39 Å². The monoisotopic (exact) mass is 556 g/mol. The maximum atomic E-state index is 13.3. The van der Waals surface area contributed by atoms with Crippen LogP contribution >= 0.6 is 35.0 Å². The van der Waals surface area contributed by atoms with E-state index < -0.39 is 0 Å². The number of thioether (sulfide) groups is 1. The van der Waals surface area contributed by atoms with E-state index in [1.165, 1.54) is 17.7 Å². The number of piperidine rings is 1. The molecule has 0 aliphatic carbocycles. The molecule has 2 heterocycles. The van der Waals surface area contributed by atoms with Crippen LogP contribution in [0.4, 0.5) is 4.39 Å². The first-order chi connectivity index (χ1) is 18.0. The summed E-state index contributed by atoms with van der Waals surface area (Å²) in [6.07, 6.45) is 2.16. The highest BCUT2D eigenvalue weighted by Crippen LogP contribution is 2.33. The van der Waals surface area contributed by atoms with Gasteiger partial charge in [0.1, 0.15) is 11.6 Å². The lowest BCUT2D eigenvalue weighted by molar-refractivity contribution is 0.199. The molecule has 0 bridgehead atoms. The van der Waals surface area contributed by atoms with Gasteiger partial charge >= 0.3 is 0 Å². The molecule has 37 heavy (non-hydrogen) atoms. The third-order valence-corrected chi connectivity index (χ3v) is 8.21. The number of nitrogens with zero attached hydrogens (tertiary/aromatic N) is 4. The number of rotatable bonds is 8. The predicted molar refractivity (Wildman–Crippen MR) is 148 cm³/mol. The standard InChI is InChI=1S/C28H27Cl2FN4OS/c1-36-24-9-4-20(5-10-24)21-12-14-34(15-13-21)17-27-32-33-28(37-18-19-2-7-23(31)8-3-19)35(27)26-11-6-22(29)16-25(26)30/h2-11,16,21H,12-15,17-18H2,1H3. The SMILES string of the molecule is COc1ccc(C2CCN(Cc3nnc(SCc4ccc(F)cc4)n3-c3ccc(Cl)cc3Cl)CC2)cc1. The Morgan fingerprint density at radius 2 is 1.70 bits per heavy atom. The number of likely N-dealkylation sites (tertiary alicyclic amines) is 1. The molecule has 0 saturated carbocycles. The second-order valence-electron chi connectivity index (χ2n) is 9.07. The maximum Gasteiger partial charge on any atom is 0.196 e. The summed E-state index contributed by atoms with van der Waals surface area (Å²) in [5, 5.41) is 10.9. The zero-order valence-corrected chi connectivity index (χ0v) is 22.7. The van der Waals surface area contributed by atoms with Crippen molar-refractivity contribution < 1.29 is 9.13 Å². The van der Waals surface area contributed by atoms with Crippen molar-refractivity contribution in [1.82, 2.24) is 19.7 Å². The highest BCUT2D eigenvalue weighted by atomic mass is 35.5. The van der Waals surface area contributed by atoms with Crippen LogP contribution in [0.1, 0.15) is 35.7 Å². The van der Waals surface area contributed by atoms with E-state index in [4.69, 9.17) is 27.9 Å². The summed E-state index contributed by atoms with van der Waals surface area (Å²) in [5.74, 6) is 2.63. The molecule has 4 aromatic rings. The zero-order valence-electron chi connectivity index (χ0n) is 20.4. The lowest BCUT2D eigenvalue weighted by Crippen LogP contribution is -2.33. The van der Waals surface area contributed by atoms with Crippen molar-refractivity contribution in [2.24, 2.45) is 0 Å². The molecule has 5 nitrogen and oxygen atoms in total. The fraction of sp³-hybridized carbons (Fsp3) is 0.286. The van der Waals surface area contributed by atoms with Crippen LogP contribution in [-0.2, 0) is 12.3 Å². The van der Waals surface area contributed by atoms with Crippen molar-refractivity contribution in [3.8, 4) is 11.4 Å². The molecule has 0 amide bonds. The van der Waals surface area contributed by atoms with Gasteiger partial charge in [-0.3, -0.25) is 9.47 Å². The zero-order chi connectivity index (χ0) is 25.8. The Morgan fingerprint density at radius 1 is 0.973 bits per heavy atom. The van der Waals surface area contributed by atoms with E-state index in [2.05, 4.69) is 27.2 Å². The summed E-state index contributed by atoms with van der Waals surface area (Å²) in [6, 6.07) is 20.4. The first-order valence-electron chi connectivity index (χ1n) is 12.1. The Bertz CT molecular complexity index is 1340. The molecule has 0 unspecified atom stereocenters. The van der Waals surface area contributed by atoms with Gasteiger partial charge in [-0.25, -0.2) is 4.39 Å². The van der Waals surface area contributed by atoms with Crippen molar-refractivity contribution >= 4 is 35.0 Å². The van der Waals surface area contributed by atoms with Crippen LogP contribution < -0.4 is 4.74 Å². The lowest BCUT2D eigenvalue weighted by Gasteiger charge is -2.32. The van der Waals surface area contributed by atoms with Crippen molar-refractivity contribution in [2.45, 2.75) is 36.2 Å². The van der Waals surface area contributed by atoms with Crippen molar-refractivity contribution in [1.29, 1.82) is 0 Å². The molecular weight excluding hydrogens is 530 g/mol. The smallest absolute Gasteiger partial charge is 0.196 e. The Labute approximate surface area is 230 Å². The summed E-state index contributed by atoms with van der Waals surface area (Å²) in [4.78, 5) is 2.42. The van der Waals surface area contributed by atoms with Crippen LogP contribution in [0.25, 0.3) is 5.69 Å². The molecular formula is C28H27Cl2FN4OS. The van der Waals surface area contributed by atoms with E-state index in [0.717, 1.165) is 53.9 Å². The fourth-order valence-corrected chi connectivity index (χ4v) is 6.04. The van der Waals surface area contributed by atoms with E-state index in [1.807, 2.05) is 28.8 Å². The van der Waals surface area contributed by atoms with E-state index in [1.54, 1.807) is 37.1 Å². The molecule has 192 valence electrons. The van der Waals surface area contributed by atoms with Crippen LogP contribution in [0.2, 0.25) is 10.0 Å². The minimum Gasteiger partial charge on any atom is -0.497 e. The van der Waals surface area contributed by atoms with Crippen LogP contribution in [0, 0.1) is 5.82 Å². The Morgan fingerprint density at radius 3 is 2.38 bits per heavy atom. The van der Waals surface area contributed by atoms with Gasteiger partial charge in [-0.05, 0) is 85.4 Å². The third-order valence-electron chi connectivity index (χ3n) is 6.67. The molecule has 1 aromatic heterocycles. The van der Waals surface area contributed by atoms with Crippen molar-refractivity contribution in [2.75, 3.05) is 20.2 Å². The fourth-order valence-electron chi connectivity index (χ4n) is 4.63. The minimum atomic E-state index is -0.247. The number of halogens is 3. The Kier molecular flexibility index (Phi) is 8.35. The Hall–Kier alpha value is -2.58. The quantitative estimate of drug-likeness (QED) is 0.211. The summed E-state index contributed by atoms with van der Waals surface area (Å²) in [6.45, 7) is 2.60. The minimum absolute atomic E-state index is 0.247. The van der Waals surface area contributed by atoms with Gasteiger partial charge in [0.25, 0.3) is 0 Å². The Balaban J connectivity index is 1.33. The topological polar surface area (TPSA) is 43.2 Å². The highest BCUT2D eigenvalue weighted by molar-refractivity contribution is 7.98. The summed E-state index contributed by atoms with van der Waals surface area (Å²) in [7, 11) is 1.69. The molecule has 9 heteroatoms. The number of hydrogen-bond donors (Lipinski definition) is 0. The third kappa shape index (κ3) is 6.29. The number of ether oxygens (including phenoxy) is 1. The number of methoxy groups -OCH3 is 1. The molecule has 1 aliphatic heterocycles. The molecule has 5 rings (SSSR count). The normalized spacial score (nSPS) is 14.7. The molecule has 0 spiro atoms. The largest absolute Gasteiger partial charge is 0.497 e. The first-order valence-corrected chi connectivity index (χ1v) is 13.9. The number of hydrogen-bond acceptors (Lipinski definition) is 5. The molecule has 0 radical (unpaired) electrons. The average Bonchev–Trinajstić information content (AvgIpc) is 3.31. The maximum absolute atomic E-state index is 13.3. The highest BCUT2D eigenvalue weighted by Gasteiger charge is 2.24. The van der Waals surface area contributed by atoms with Gasteiger partial charge in [0, 0.05) is 10.8 Å². The van der Waals surface area contributed by atoms with Crippen molar-refractivity contribution in [3.05, 3.63) is 99.5 Å². The molecule has 1 saturated heterocycles. The molecule has 0 atom stereocenters. The molecule has 0 N–H and O–H groups in total. The number of aromatic nitrogens is 3. The molecule has 1 fully saturated rings. The van der Waals surface area contributed by atoms with Crippen LogP contribution in [0.15, 0.2) is 71.9 Å². The van der Waals surface area contributed by atoms with Gasteiger partial charge in [0.2, 0.25) is 0 Å². The van der Waals surface area contributed by atoms with E-state index in [-0.39, 0.29) is 5.82 Å². The van der Waals surface area contributed by atoms with Gasteiger partial charge in [0.05, 0.1) is 24.4 Å². The summed E-state index contributed by atoms with van der Waals surface area (Å²) in [5.41, 5.74) is 3.15. The van der Waals surface area contributed by atoms with Gasteiger partial charge in [-0.2, -0.15) is 0 Å². The van der Waals surface area contributed by atoms with Crippen molar-refractivity contribution in [3.63, 3.8) is 0 Å². The van der Waals surface area contributed by atoms with Crippen LogP contribution in [0.5, 0.6) is 5.75 Å². The summed E-state index contributed by atoms with van der Waals surface area (Å²) < 4.78 is 20.6. The van der Waals surface area contributed by atoms with Gasteiger partial charge < -0.3 is 4.74 Å². The molecule has 3 aromatic carbocycles. The van der Waals surface area contributed by atoms with Gasteiger partial charge in [-0.1, -0.05) is 59.2 Å². The van der Waals surface area contributed by atoms with E-state index >= 15 is 0 Å². The number of benzene rings is 3. The predicted octanol–water partition coefficient (Wildman–Crippen LogP) is 7.39.